The molecule has 5 heteroatoms. The Morgan fingerprint density at radius 1 is 1.24 bits per heavy atom. The van der Waals surface area contributed by atoms with Crippen LogP contribution >= 0.6 is 15.9 Å². The molecule has 1 heterocycles. The molecular weight excluding hydrogens is 332 g/mol. The van der Waals surface area contributed by atoms with Crippen LogP contribution in [0.2, 0.25) is 0 Å². The van der Waals surface area contributed by atoms with Crippen molar-refractivity contribution in [3.8, 4) is 0 Å². The zero-order chi connectivity index (χ0) is 15.8. The summed E-state index contributed by atoms with van der Waals surface area (Å²) < 4.78 is 0.932. The molecule has 21 heavy (non-hydrogen) atoms. The average Bonchev–Trinajstić information content (AvgIpc) is 2.47. The Morgan fingerprint density at radius 3 is 2.48 bits per heavy atom. The van der Waals surface area contributed by atoms with Crippen LogP contribution in [0.1, 0.15) is 32.8 Å². The molecule has 0 saturated carbocycles. The number of hydrogen-bond acceptors (Lipinski definition) is 2. The van der Waals surface area contributed by atoms with E-state index in [4.69, 9.17) is 0 Å². The van der Waals surface area contributed by atoms with Gasteiger partial charge in [0.2, 0.25) is 11.8 Å². The zero-order valence-electron chi connectivity index (χ0n) is 12.9. The van der Waals surface area contributed by atoms with E-state index in [-0.39, 0.29) is 17.2 Å². The maximum absolute atomic E-state index is 12.9. The number of rotatable bonds is 1. The first kappa shape index (κ1) is 16.0. The van der Waals surface area contributed by atoms with Crippen LogP contribution in [-0.2, 0) is 9.59 Å². The third-order valence-corrected chi connectivity index (χ3v) is 4.04. The second kappa shape index (κ2) is 5.79. The average molecular weight is 353 g/mol. The maximum atomic E-state index is 12.9. The van der Waals surface area contributed by atoms with Gasteiger partial charge in [0, 0.05) is 23.1 Å². The van der Waals surface area contributed by atoms with Crippen LogP contribution in [0.4, 0.5) is 5.69 Å². The van der Waals surface area contributed by atoms with Gasteiger partial charge >= 0.3 is 0 Å². The Kier molecular flexibility index (Phi) is 4.42. The van der Waals surface area contributed by atoms with Gasteiger partial charge in [0.05, 0.1) is 0 Å². The summed E-state index contributed by atoms with van der Waals surface area (Å²) in [6.45, 7) is 8.29. The van der Waals surface area contributed by atoms with Crippen molar-refractivity contribution in [2.75, 3.05) is 11.4 Å². The summed E-state index contributed by atoms with van der Waals surface area (Å²) >= 11 is 3.46. The first-order valence-corrected chi connectivity index (χ1v) is 7.86. The van der Waals surface area contributed by atoms with Gasteiger partial charge in [-0.15, -0.1) is 0 Å². The van der Waals surface area contributed by atoms with Crippen LogP contribution in [0.25, 0.3) is 0 Å². The molecule has 1 aromatic carbocycles. The van der Waals surface area contributed by atoms with Gasteiger partial charge in [0.25, 0.3) is 0 Å². The van der Waals surface area contributed by atoms with E-state index < -0.39 is 6.04 Å². The summed E-state index contributed by atoms with van der Waals surface area (Å²) in [6, 6.07) is 5.38. The normalized spacial score (nSPS) is 20.2. The van der Waals surface area contributed by atoms with Gasteiger partial charge in [-0.05, 0) is 36.1 Å². The molecular formula is C16H21BrN2O2. The molecule has 0 bridgehead atoms. The van der Waals surface area contributed by atoms with Gasteiger partial charge in [-0.3, -0.25) is 9.59 Å². The summed E-state index contributed by atoms with van der Waals surface area (Å²) in [7, 11) is 0. The van der Waals surface area contributed by atoms with E-state index in [1.807, 2.05) is 45.9 Å². The van der Waals surface area contributed by atoms with Gasteiger partial charge in [0.1, 0.15) is 6.04 Å². The summed E-state index contributed by atoms with van der Waals surface area (Å²) in [5, 5.41) is 2.86. The second-order valence-corrected chi connectivity index (χ2v) is 7.51. The van der Waals surface area contributed by atoms with E-state index in [1.165, 1.54) is 0 Å². The zero-order valence-corrected chi connectivity index (χ0v) is 14.5. The molecule has 0 radical (unpaired) electrons. The summed E-state index contributed by atoms with van der Waals surface area (Å²) in [4.78, 5) is 26.5. The summed E-state index contributed by atoms with van der Waals surface area (Å²) in [5.74, 6) is -0.122. The molecule has 1 saturated heterocycles. The Hall–Kier alpha value is -1.36. The fourth-order valence-corrected chi connectivity index (χ4v) is 3.09. The molecule has 1 N–H and O–H groups in total. The number of nitrogens with one attached hydrogen (secondary N) is 1. The Labute approximate surface area is 134 Å². The van der Waals surface area contributed by atoms with Crippen LogP contribution in [0.15, 0.2) is 22.7 Å². The molecule has 1 atom stereocenters. The van der Waals surface area contributed by atoms with E-state index in [1.54, 1.807) is 4.90 Å². The van der Waals surface area contributed by atoms with Crippen molar-refractivity contribution >= 4 is 33.4 Å². The minimum absolute atomic E-state index is 0.0501. The quantitative estimate of drug-likeness (QED) is 0.844. The molecule has 2 rings (SSSR count). The van der Waals surface area contributed by atoms with Gasteiger partial charge in [-0.2, -0.15) is 0 Å². The molecule has 1 fully saturated rings. The number of carbonyl (C=O) groups is 2. The number of anilines is 1. The Morgan fingerprint density at radius 2 is 1.90 bits per heavy atom. The van der Waals surface area contributed by atoms with E-state index in [2.05, 4.69) is 21.2 Å². The number of aryl methyl sites for hydroxylation is 1. The van der Waals surface area contributed by atoms with Crippen molar-refractivity contribution in [3.63, 3.8) is 0 Å². The Bertz CT molecular complexity index is 558. The highest BCUT2D eigenvalue weighted by Crippen LogP contribution is 2.28. The van der Waals surface area contributed by atoms with Crippen molar-refractivity contribution in [1.82, 2.24) is 5.32 Å². The van der Waals surface area contributed by atoms with E-state index in [0.29, 0.717) is 13.0 Å². The van der Waals surface area contributed by atoms with Crippen molar-refractivity contribution in [2.24, 2.45) is 5.41 Å². The summed E-state index contributed by atoms with van der Waals surface area (Å²) in [5.41, 5.74) is 1.58. The van der Waals surface area contributed by atoms with Crippen LogP contribution < -0.4 is 10.2 Å². The number of hydrogen-bond donors (Lipinski definition) is 1. The highest BCUT2D eigenvalue weighted by atomic mass is 79.9. The highest BCUT2D eigenvalue weighted by Gasteiger charge is 2.38. The molecule has 114 valence electrons. The number of halogens is 1. The highest BCUT2D eigenvalue weighted by molar-refractivity contribution is 9.10. The second-order valence-electron chi connectivity index (χ2n) is 6.59. The Balaban J connectivity index is 2.42. The standard InChI is InChI=1S/C16H21BrN2O2/c1-10-7-11(17)9-12(8-10)19-6-5-13(20)18-14(15(19)21)16(2,3)4/h7-9,14H,5-6H2,1-4H3,(H,18,20). The molecule has 0 aliphatic carbocycles. The molecule has 1 aliphatic rings. The van der Waals surface area contributed by atoms with Crippen molar-refractivity contribution in [1.29, 1.82) is 0 Å². The molecule has 0 spiro atoms. The predicted molar refractivity (Wildman–Crippen MR) is 87.2 cm³/mol. The lowest BCUT2D eigenvalue weighted by molar-refractivity contribution is -0.127. The van der Waals surface area contributed by atoms with Gasteiger partial charge in [-0.25, -0.2) is 0 Å². The first-order valence-electron chi connectivity index (χ1n) is 7.06. The fraction of sp³-hybridized carbons (Fsp3) is 0.500. The van der Waals surface area contributed by atoms with Gasteiger partial charge < -0.3 is 10.2 Å². The number of benzene rings is 1. The van der Waals surface area contributed by atoms with Crippen LogP contribution in [0.3, 0.4) is 0 Å². The number of nitrogens with zero attached hydrogens (tertiary/aromatic N) is 1. The van der Waals surface area contributed by atoms with Crippen LogP contribution in [0, 0.1) is 12.3 Å². The lowest BCUT2D eigenvalue weighted by atomic mass is 9.86. The SMILES string of the molecule is Cc1cc(Br)cc(N2CCC(=O)NC(C(C)(C)C)C2=O)c1. The lowest BCUT2D eigenvalue weighted by Crippen LogP contribution is -2.52. The number of amides is 2. The number of carbonyl (C=O) groups excluding carboxylic acids is 2. The molecule has 1 aromatic rings. The third-order valence-electron chi connectivity index (χ3n) is 3.59. The first-order chi connectivity index (χ1) is 9.68. The van der Waals surface area contributed by atoms with Crippen molar-refractivity contribution < 1.29 is 9.59 Å². The smallest absolute Gasteiger partial charge is 0.250 e. The van der Waals surface area contributed by atoms with Crippen molar-refractivity contribution in [2.45, 2.75) is 40.2 Å². The van der Waals surface area contributed by atoms with Crippen LogP contribution in [0.5, 0.6) is 0 Å². The van der Waals surface area contributed by atoms with Gasteiger partial charge in [0.15, 0.2) is 0 Å². The third kappa shape index (κ3) is 3.64. The minimum atomic E-state index is -0.508. The largest absolute Gasteiger partial charge is 0.344 e. The maximum Gasteiger partial charge on any atom is 0.250 e. The lowest BCUT2D eigenvalue weighted by Gasteiger charge is -2.32. The van der Waals surface area contributed by atoms with Gasteiger partial charge in [-0.1, -0.05) is 36.7 Å². The molecule has 2 amide bonds. The topological polar surface area (TPSA) is 49.4 Å². The minimum Gasteiger partial charge on any atom is -0.344 e. The predicted octanol–water partition coefficient (Wildman–Crippen LogP) is 3.03. The molecule has 4 nitrogen and oxygen atoms in total. The summed E-state index contributed by atoms with van der Waals surface area (Å²) in [6.07, 6.45) is 0.323. The van der Waals surface area contributed by atoms with E-state index in [9.17, 15) is 9.59 Å². The van der Waals surface area contributed by atoms with E-state index >= 15 is 0 Å². The van der Waals surface area contributed by atoms with Crippen LogP contribution in [-0.4, -0.2) is 24.4 Å². The van der Waals surface area contributed by atoms with E-state index in [0.717, 1.165) is 15.7 Å². The molecule has 0 aromatic heterocycles. The van der Waals surface area contributed by atoms with Crippen molar-refractivity contribution in [3.05, 3.63) is 28.2 Å². The molecule has 1 aliphatic heterocycles. The fourth-order valence-electron chi connectivity index (χ4n) is 2.49. The monoisotopic (exact) mass is 352 g/mol. The molecule has 1 unspecified atom stereocenters.